The standard InChI is InChI=1S/C32H28F3NO7/c1-17(37)41-29-26-23(16-22(40-5)25-27(26)36(4)21-9-7-6-8-20(21)28(25)39)43-31(2,3)30(29)42-24(38)15-12-18-10-13-19(14-11-18)32(33,34)35/h6-16,29-30H,1-5H3/b15-12+/t29-,30-/m0/s1. The molecule has 4 aromatic rings. The van der Waals surface area contributed by atoms with Crippen molar-refractivity contribution in [3.05, 3.63) is 87.6 Å². The van der Waals surface area contributed by atoms with Crippen LogP contribution in [0.25, 0.3) is 27.9 Å². The Kier molecular flexibility index (Phi) is 7.45. The van der Waals surface area contributed by atoms with Gasteiger partial charge in [0, 0.05) is 31.5 Å². The normalized spacial score (nSPS) is 17.9. The lowest BCUT2D eigenvalue weighted by molar-refractivity contribution is -0.185. The minimum Gasteiger partial charge on any atom is -0.496 e. The maximum Gasteiger partial charge on any atom is 0.416 e. The second kappa shape index (κ2) is 10.8. The predicted octanol–water partition coefficient (Wildman–Crippen LogP) is 6.12. The fourth-order valence-electron chi connectivity index (χ4n) is 5.41. The average Bonchev–Trinajstić information content (AvgIpc) is 2.95. The van der Waals surface area contributed by atoms with Crippen molar-refractivity contribution >= 4 is 39.8 Å². The molecule has 1 aliphatic rings. The van der Waals surface area contributed by atoms with E-state index in [0.717, 1.165) is 18.2 Å². The predicted molar refractivity (Wildman–Crippen MR) is 153 cm³/mol. The van der Waals surface area contributed by atoms with Crippen LogP contribution in [0.15, 0.2) is 65.5 Å². The molecule has 0 saturated carbocycles. The van der Waals surface area contributed by atoms with Crippen LogP contribution in [-0.4, -0.2) is 35.3 Å². The Morgan fingerprint density at radius 3 is 2.35 bits per heavy atom. The first kappa shape index (κ1) is 29.7. The zero-order valence-electron chi connectivity index (χ0n) is 23.9. The third-order valence-electron chi connectivity index (χ3n) is 7.36. The van der Waals surface area contributed by atoms with Gasteiger partial charge in [0.15, 0.2) is 12.2 Å². The molecular formula is C32H28F3NO7. The molecule has 1 aliphatic heterocycles. The van der Waals surface area contributed by atoms with Crippen molar-refractivity contribution in [1.82, 2.24) is 4.57 Å². The smallest absolute Gasteiger partial charge is 0.416 e. The Labute approximate surface area is 244 Å². The van der Waals surface area contributed by atoms with Crippen LogP contribution in [0, 0.1) is 0 Å². The van der Waals surface area contributed by atoms with Crippen LogP contribution in [-0.2, 0) is 32.3 Å². The summed E-state index contributed by atoms with van der Waals surface area (Å²) in [6, 6.07) is 12.8. The highest BCUT2D eigenvalue weighted by Gasteiger charge is 2.50. The van der Waals surface area contributed by atoms with Gasteiger partial charge >= 0.3 is 18.1 Å². The number of para-hydroxylation sites is 1. The highest BCUT2D eigenvalue weighted by molar-refractivity contribution is 5.99. The van der Waals surface area contributed by atoms with Crippen LogP contribution in [0.5, 0.6) is 11.5 Å². The summed E-state index contributed by atoms with van der Waals surface area (Å²) in [5.74, 6) is -0.977. The van der Waals surface area contributed by atoms with Crippen molar-refractivity contribution < 1.29 is 41.7 Å². The maximum absolute atomic E-state index is 13.7. The molecule has 2 heterocycles. The number of pyridine rings is 1. The van der Waals surface area contributed by atoms with Crippen molar-refractivity contribution in [2.24, 2.45) is 7.05 Å². The van der Waals surface area contributed by atoms with E-state index in [9.17, 15) is 27.6 Å². The van der Waals surface area contributed by atoms with E-state index in [1.54, 1.807) is 55.8 Å². The summed E-state index contributed by atoms with van der Waals surface area (Å²) in [4.78, 5) is 39.2. The molecule has 1 aromatic heterocycles. The first-order chi connectivity index (χ1) is 20.2. The van der Waals surface area contributed by atoms with Gasteiger partial charge in [-0.05, 0) is 49.8 Å². The van der Waals surface area contributed by atoms with Crippen LogP contribution in [0.4, 0.5) is 13.2 Å². The maximum atomic E-state index is 13.7. The molecule has 5 rings (SSSR count). The Hall–Kier alpha value is -4.80. The minimum absolute atomic E-state index is 0.232. The van der Waals surface area contributed by atoms with E-state index >= 15 is 0 Å². The van der Waals surface area contributed by atoms with Crippen molar-refractivity contribution in [1.29, 1.82) is 0 Å². The third kappa shape index (κ3) is 5.42. The van der Waals surface area contributed by atoms with Crippen LogP contribution in [0.3, 0.4) is 0 Å². The van der Waals surface area contributed by atoms with Gasteiger partial charge in [-0.1, -0.05) is 24.3 Å². The zero-order chi connectivity index (χ0) is 31.3. The van der Waals surface area contributed by atoms with E-state index in [-0.39, 0.29) is 22.3 Å². The molecule has 0 aliphatic carbocycles. The summed E-state index contributed by atoms with van der Waals surface area (Å²) in [5, 5.41) is 0.684. The molecular weight excluding hydrogens is 567 g/mol. The van der Waals surface area contributed by atoms with E-state index < -0.39 is 41.5 Å². The number of hydrogen-bond acceptors (Lipinski definition) is 7. The van der Waals surface area contributed by atoms with E-state index in [0.29, 0.717) is 27.5 Å². The first-order valence-electron chi connectivity index (χ1n) is 13.3. The number of rotatable bonds is 5. The average molecular weight is 596 g/mol. The number of carbonyl (C=O) groups is 2. The molecule has 0 saturated heterocycles. The molecule has 8 nitrogen and oxygen atoms in total. The van der Waals surface area contributed by atoms with Gasteiger partial charge in [-0.15, -0.1) is 0 Å². The lowest BCUT2D eigenvalue weighted by atomic mass is 9.86. The number of nitrogens with zero attached hydrogens (tertiary/aromatic N) is 1. The van der Waals surface area contributed by atoms with E-state index in [1.165, 1.54) is 32.2 Å². The lowest BCUT2D eigenvalue weighted by Crippen LogP contribution is -2.52. The van der Waals surface area contributed by atoms with E-state index in [1.807, 2.05) is 0 Å². The number of benzene rings is 3. The fraction of sp³-hybridized carbons (Fsp3) is 0.281. The Balaban J connectivity index is 1.62. The number of aromatic nitrogens is 1. The summed E-state index contributed by atoms with van der Waals surface area (Å²) in [5.41, 5.74) is -0.716. The number of halogens is 3. The monoisotopic (exact) mass is 595 g/mol. The minimum atomic E-state index is -4.49. The van der Waals surface area contributed by atoms with Crippen LogP contribution in [0.1, 0.15) is 43.6 Å². The first-order valence-corrected chi connectivity index (χ1v) is 13.3. The molecule has 0 amide bonds. The Morgan fingerprint density at radius 1 is 1.05 bits per heavy atom. The molecule has 2 atom stereocenters. The third-order valence-corrected chi connectivity index (χ3v) is 7.36. The number of esters is 2. The highest BCUT2D eigenvalue weighted by atomic mass is 19.4. The number of aryl methyl sites for hydroxylation is 1. The quantitative estimate of drug-likeness (QED) is 0.156. The van der Waals surface area contributed by atoms with E-state index in [2.05, 4.69) is 0 Å². The van der Waals surface area contributed by atoms with Crippen LogP contribution in [0.2, 0.25) is 0 Å². The number of ether oxygens (including phenoxy) is 4. The second-order valence-electron chi connectivity index (χ2n) is 10.7. The number of hydrogen-bond donors (Lipinski definition) is 0. The zero-order valence-corrected chi connectivity index (χ0v) is 23.9. The van der Waals surface area contributed by atoms with Gasteiger partial charge in [0.1, 0.15) is 17.1 Å². The highest BCUT2D eigenvalue weighted by Crippen LogP contribution is 2.49. The van der Waals surface area contributed by atoms with Gasteiger partial charge in [-0.3, -0.25) is 9.59 Å². The molecule has 0 spiro atoms. The van der Waals surface area contributed by atoms with Gasteiger partial charge < -0.3 is 23.5 Å². The summed E-state index contributed by atoms with van der Waals surface area (Å²) < 4.78 is 64.0. The van der Waals surface area contributed by atoms with Gasteiger partial charge in [-0.25, -0.2) is 4.79 Å². The summed E-state index contributed by atoms with van der Waals surface area (Å²) in [6.07, 6.45) is -4.50. The topological polar surface area (TPSA) is 93.1 Å². The molecule has 3 aromatic carbocycles. The number of alkyl halides is 3. The molecule has 11 heteroatoms. The van der Waals surface area contributed by atoms with Crippen LogP contribution < -0.4 is 14.9 Å². The molecule has 0 radical (unpaired) electrons. The van der Waals surface area contributed by atoms with Gasteiger partial charge in [-0.2, -0.15) is 13.2 Å². The van der Waals surface area contributed by atoms with Crippen molar-refractivity contribution in [2.45, 2.75) is 44.8 Å². The summed E-state index contributed by atoms with van der Waals surface area (Å²) >= 11 is 0. The molecule has 0 unspecified atom stereocenters. The van der Waals surface area contributed by atoms with E-state index in [4.69, 9.17) is 18.9 Å². The molecule has 0 bridgehead atoms. The molecule has 224 valence electrons. The van der Waals surface area contributed by atoms with Gasteiger partial charge in [0.2, 0.25) is 5.43 Å². The number of fused-ring (bicyclic) bond motifs is 4. The van der Waals surface area contributed by atoms with Crippen LogP contribution >= 0.6 is 0 Å². The fourth-order valence-corrected chi connectivity index (χ4v) is 5.41. The SMILES string of the molecule is COc1cc2c(c3c1c(=O)c1ccccc1n3C)[C@H](OC(C)=O)[C@H](OC(=O)/C=C/c1ccc(C(F)(F)F)cc1)C(C)(C)O2. The number of carbonyl (C=O) groups excluding carboxylic acids is 2. The molecule has 0 fully saturated rings. The largest absolute Gasteiger partial charge is 0.496 e. The van der Waals surface area contributed by atoms with Crippen molar-refractivity contribution in [3.63, 3.8) is 0 Å². The van der Waals surface area contributed by atoms with Gasteiger partial charge in [0.25, 0.3) is 0 Å². The van der Waals surface area contributed by atoms with Crippen molar-refractivity contribution in [3.8, 4) is 11.5 Å². The molecule has 0 N–H and O–H groups in total. The van der Waals surface area contributed by atoms with Crippen molar-refractivity contribution in [2.75, 3.05) is 7.11 Å². The Bertz CT molecular complexity index is 1840. The lowest BCUT2D eigenvalue weighted by Gasteiger charge is -2.43. The summed E-state index contributed by atoms with van der Waals surface area (Å²) in [6.45, 7) is 4.52. The van der Waals surface area contributed by atoms with Gasteiger partial charge in [0.05, 0.1) is 34.7 Å². The number of methoxy groups -OCH3 is 1. The molecule has 43 heavy (non-hydrogen) atoms. The Morgan fingerprint density at radius 2 is 1.72 bits per heavy atom. The second-order valence-corrected chi connectivity index (χ2v) is 10.7. The summed E-state index contributed by atoms with van der Waals surface area (Å²) in [7, 11) is 3.18.